The van der Waals surface area contributed by atoms with Crippen LogP contribution in [-0.4, -0.2) is 48.5 Å². The Kier molecular flexibility index (Phi) is 5.47. The zero-order valence-corrected chi connectivity index (χ0v) is 14.1. The summed E-state index contributed by atoms with van der Waals surface area (Å²) >= 11 is 0. The summed E-state index contributed by atoms with van der Waals surface area (Å²) < 4.78 is 0. The van der Waals surface area contributed by atoms with Gasteiger partial charge in [-0.3, -0.25) is 4.79 Å². The highest BCUT2D eigenvalue weighted by atomic mass is 16.2. The molecule has 25 heavy (non-hydrogen) atoms. The molecule has 1 amide bonds. The second-order valence-corrected chi connectivity index (χ2v) is 5.93. The maximum atomic E-state index is 12.4. The molecule has 0 unspecified atom stereocenters. The van der Waals surface area contributed by atoms with Crippen molar-refractivity contribution >= 4 is 17.4 Å². The SMILES string of the molecule is N#Cc1cccc(NCCC(=O)N2CCN(c3ccccn3)CC2)c1. The maximum absolute atomic E-state index is 12.4. The van der Waals surface area contributed by atoms with Crippen LogP contribution >= 0.6 is 0 Å². The Morgan fingerprint density at radius 1 is 1.16 bits per heavy atom. The Morgan fingerprint density at radius 2 is 2.00 bits per heavy atom. The third-order valence-corrected chi connectivity index (χ3v) is 4.27. The first kappa shape index (κ1) is 16.8. The van der Waals surface area contributed by atoms with Crippen LogP contribution < -0.4 is 10.2 Å². The van der Waals surface area contributed by atoms with E-state index in [1.54, 1.807) is 18.3 Å². The van der Waals surface area contributed by atoms with Gasteiger partial charge in [-0.1, -0.05) is 12.1 Å². The molecule has 1 aromatic heterocycles. The van der Waals surface area contributed by atoms with E-state index in [1.165, 1.54) is 0 Å². The van der Waals surface area contributed by atoms with Gasteiger partial charge >= 0.3 is 0 Å². The van der Waals surface area contributed by atoms with Crippen LogP contribution in [0.15, 0.2) is 48.7 Å². The largest absolute Gasteiger partial charge is 0.384 e. The van der Waals surface area contributed by atoms with Gasteiger partial charge in [0.2, 0.25) is 5.91 Å². The van der Waals surface area contributed by atoms with Crippen LogP contribution in [0.2, 0.25) is 0 Å². The summed E-state index contributed by atoms with van der Waals surface area (Å²) in [5.74, 6) is 1.12. The van der Waals surface area contributed by atoms with E-state index in [1.807, 2.05) is 35.2 Å². The van der Waals surface area contributed by atoms with Crippen LogP contribution in [0, 0.1) is 11.3 Å². The summed E-state index contributed by atoms with van der Waals surface area (Å²) in [5, 5.41) is 12.1. The summed E-state index contributed by atoms with van der Waals surface area (Å²) in [7, 11) is 0. The number of aromatic nitrogens is 1. The number of hydrogen-bond acceptors (Lipinski definition) is 5. The molecule has 0 atom stereocenters. The molecule has 0 bridgehead atoms. The molecule has 1 aliphatic rings. The van der Waals surface area contributed by atoms with Gasteiger partial charge in [-0.25, -0.2) is 4.98 Å². The second-order valence-electron chi connectivity index (χ2n) is 5.93. The van der Waals surface area contributed by atoms with Gasteiger partial charge in [0.05, 0.1) is 11.6 Å². The van der Waals surface area contributed by atoms with E-state index in [-0.39, 0.29) is 5.91 Å². The average Bonchev–Trinajstić information content (AvgIpc) is 2.69. The lowest BCUT2D eigenvalue weighted by molar-refractivity contribution is -0.131. The molecule has 2 heterocycles. The third-order valence-electron chi connectivity index (χ3n) is 4.27. The molecule has 0 saturated carbocycles. The van der Waals surface area contributed by atoms with Crippen LogP contribution in [0.25, 0.3) is 0 Å². The van der Waals surface area contributed by atoms with Crippen LogP contribution in [0.5, 0.6) is 0 Å². The van der Waals surface area contributed by atoms with Crippen molar-refractivity contribution in [1.29, 1.82) is 5.26 Å². The molecule has 0 spiro atoms. The highest BCUT2D eigenvalue weighted by molar-refractivity contribution is 5.77. The quantitative estimate of drug-likeness (QED) is 0.906. The summed E-state index contributed by atoms with van der Waals surface area (Å²) in [6.45, 7) is 3.62. The fraction of sp³-hybridized carbons (Fsp3) is 0.316. The Balaban J connectivity index is 1.43. The standard InChI is InChI=1S/C19H21N5O/c20-15-16-4-3-5-17(14-16)21-9-7-19(25)24-12-10-23(11-13-24)18-6-1-2-8-22-18/h1-6,8,14,21H,7,9-13H2. The molecule has 1 saturated heterocycles. The van der Waals surface area contributed by atoms with Gasteiger partial charge in [-0.15, -0.1) is 0 Å². The van der Waals surface area contributed by atoms with Crippen molar-refractivity contribution in [3.05, 3.63) is 54.2 Å². The molecular weight excluding hydrogens is 314 g/mol. The summed E-state index contributed by atoms with van der Waals surface area (Å²) in [6, 6.07) is 15.3. The number of nitriles is 1. The van der Waals surface area contributed by atoms with E-state index >= 15 is 0 Å². The molecule has 6 nitrogen and oxygen atoms in total. The number of anilines is 2. The first-order valence-electron chi connectivity index (χ1n) is 8.44. The fourth-order valence-corrected chi connectivity index (χ4v) is 2.90. The number of piperazine rings is 1. The molecule has 3 rings (SSSR count). The minimum Gasteiger partial charge on any atom is -0.384 e. The summed E-state index contributed by atoms with van der Waals surface area (Å²) in [6.07, 6.45) is 2.24. The maximum Gasteiger partial charge on any atom is 0.224 e. The number of hydrogen-bond donors (Lipinski definition) is 1. The zero-order chi connectivity index (χ0) is 17.5. The molecule has 1 aromatic carbocycles. The highest BCUT2D eigenvalue weighted by Gasteiger charge is 2.21. The van der Waals surface area contributed by atoms with E-state index in [9.17, 15) is 4.79 Å². The number of rotatable bonds is 5. The first-order valence-corrected chi connectivity index (χ1v) is 8.44. The summed E-state index contributed by atoms with van der Waals surface area (Å²) in [5.41, 5.74) is 1.48. The van der Waals surface area contributed by atoms with Crippen molar-refractivity contribution in [2.24, 2.45) is 0 Å². The van der Waals surface area contributed by atoms with Crippen LogP contribution in [0.3, 0.4) is 0 Å². The minimum atomic E-state index is 0.157. The van der Waals surface area contributed by atoms with Crippen LogP contribution in [-0.2, 0) is 4.79 Å². The number of carbonyl (C=O) groups is 1. The van der Waals surface area contributed by atoms with Crippen molar-refractivity contribution in [2.45, 2.75) is 6.42 Å². The van der Waals surface area contributed by atoms with Crippen LogP contribution in [0.4, 0.5) is 11.5 Å². The fourth-order valence-electron chi connectivity index (χ4n) is 2.90. The monoisotopic (exact) mass is 335 g/mol. The van der Waals surface area contributed by atoms with E-state index in [2.05, 4.69) is 21.3 Å². The van der Waals surface area contributed by atoms with Crippen molar-refractivity contribution in [3.8, 4) is 6.07 Å². The van der Waals surface area contributed by atoms with Crippen molar-refractivity contribution in [1.82, 2.24) is 9.88 Å². The van der Waals surface area contributed by atoms with Crippen molar-refractivity contribution in [3.63, 3.8) is 0 Å². The Labute approximate surface area is 147 Å². The predicted octanol–water partition coefficient (Wildman–Crippen LogP) is 2.10. The Hall–Kier alpha value is -3.07. The summed E-state index contributed by atoms with van der Waals surface area (Å²) in [4.78, 5) is 20.8. The zero-order valence-electron chi connectivity index (χ0n) is 14.1. The molecule has 1 aliphatic heterocycles. The Morgan fingerprint density at radius 3 is 2.72 bits per heavy atom. The van der Waals surface area contributed by atoms with E-state index in [0.717, 1.165) is 37.7 Å². The molecule has 6 heteroatoms. The molecule has 2 aromatic rings. The van der Waals surface area contributed by atoms with Gasteiger partial charge in [0.15, 0.2) is 0 Å². The van der Waals surface area contributed by atoms with E-state index < -0.39 is 0 Å². The van der Waals surface area contributed by atoms with E-state index in [0.29, 0.717) is 18.5 Å². The molecular formula is C19H21N5O. The third kappa shape index (κ3) is 4.48. The van der Waals surface area contributed by atoms with Gasteiger partial charge < -0.3 is 15.1 Å². The van der Waals surface area contributed by atoms with Crippen molar-refractivity contribution in [2.75, 3.05) is 42.9 Å². The predicted molar refractivity (Wildman–Crippen MR) is 97.3 cm³/mol. The number of amides is 1. The van der Waals surface area contributed by atoms with Gasteiger partial charge in [0, 0.05) is 51.0 Å². The van der Waals surface area contributed by atoms with E-state index in [4.69, 9.17) is 5.26 Å². The smallest absolute Gasteiger partial charge is 0.224 e. The normalized spacial score (nSPS) is 14.0. The minimum absolute atomic E-state index is 0.157. The van der Waals surface area contributed by atoms with Gasteiger partial charge in [-0.05, 0) is 30.3 Å². The number of nitrogens with one attached hydrogen (secondary N) is 1. The molecule has 128 valence electrons. The molecule has 0 aliphatic carbocycles. The van der Waals surface area contributed by atoms with Gasteiger partial charge in [-0.2, -0.15) is 5.26 Å². The number of benzene rings is 1. The second kappa shape index (κ2) is 8.15. The molecule has 1 N–H and O–H groups in total. The number of pyridine rings is 1. The van der Waals surface area contributed by atoms with Crippen LogP contribution in [0.1, 0.15) is 12.0 Å². The van der Waals surface area contributed by atoms with Gasteiger partial charge in [0.1, 0.15) is 5.82 Å². The Bertz CT molecular complexity index is 748. The van der Waals surface area contributed by atoms with Crippen molar-refractivity contribution < 1.29 is 4.79 Å². The lowest BCUT2D eigenvalue weighted by atomic mass is 10.2. The average molecular weight is 335 g/mol. The lowest BCUT2D eigenvalue weighted by Gasteiger charge is -2.35. The molecule has 1 fully saturated rings. The lowest BCUT2D eigenvalue weighted by Crippen LogP contribution is -2.49. The van der Waals surface area contributed by atoms with Gasteiger partial charge in [0.25, 0.3) is 0 Å². The number of nitrogens with zero attached hydrogens (tertiary/aromatic N) is 4. The number of carbonyl (C=O) groups excluding carboxylic acids is 1. The first-order chi connectivity index (χ1) is 12.3. The highest BCUT2D eigenvalue weighted by Crippen LogP contribution is 2.13. The molecule has 0 radical (unpaired) electrons. The topological polar surface area (TPSA) is 72.3 Å².